The Morgan fingerprint density at radius 3 is 2.33 bits per heavy atom. The van der Waals surface area contributed by atoms with Crippen molar-refractivity contribution < 1.29 is 14.3 Å². The first-order chi connectivity index (χ1) is 9.97. The molecule has 2 N–H and O–H groups in total. The number of carbonyl (C=O) groups is 1. The largest absolute Gasteiger partial charge is 0.478 e. The Hall–Kier alpha value is -2.07. The molecule has 2 rings (SSSR count). The zero-order valence-corrected chi connectivity index (χ0v) is 12.6. The number of hydrogen-bond donors (Lipinski definition) is 2. The molecule has 0 saturated carbocycles. The molecule has 1 aromatic carbocycles. The van der Waals surface area contributed by atoms with E-state index in [2.05, 4.69) is 50.4 Å². The average Bonchev–Trinajstić information content (AvgIpc) is 2.94. The fraction of sp³-hybridized carbons (Fsp3) is 0.353. The maximum atomic E-state index is 10.8. The smallest absolute Gasteiger partial charge is 0.338 e. The molecule has 0 radical (unpaired) electrons. The number of rotatable bonds is 6. The minimum Gasteiger partial charge on any atom is -0.478 e. The molecule has 0 amide bonds. The lowest BCUT2D eigenvalue weighted by Crippen LogP contribution is -2.17. The zero-order valence-electron chi connectivity index (χ0n) is 12.6. The summed E-state index contributed by atoms with van der Waals surface area (Å²) in [5.74, 6) is 0.181. The molecule has 2 aromatic rings. The summed E-state index contributed by atoms with van der Waals surface area (Å²) in [5.41, 5.74) is 2.70. The highest BCUT2D eigenvalue weighted by Gasteiger charge is 2.10. The second-order valence-corrected chi connectivity index (χ2v) is 5.53. The molecule has 0 saturated heterocycles. The minimum absolute atomic E-state index is 0.171. The maximum absolute atomic E-state index is 10.8. The molecule has 0 aliphatic heterocycles. The zero-order chi connectivity index (χ0) is 15.4. The van der Waals surface area contributed by atoms with Crippen LogP contribution in [0.3, 0.4) is 0 Å². The van der Waals surface area contributed by atoms with Crippen molar-refractivity contribution in [3.05, 3.63) is 59.0 Å². The highest BCUT2D eigenvalue weighted by atomic mass is 16.4. The second-order valence-electron chi connectivity index (χ2n) is 5.53. The second kappa shape index (κ2) is 6.59. The molecule has 1 aromatic heterocycles. The van der Waals surface area contributed by atoms with Crippen LogP contribution in [0.15, 0.2) is 41.0 Å². The van der Waals surface area contributed by atoms with Crippen molar-refractivity contribution >= 4 is 5.97 Å². The molecule has 1 atom stereocenters. The Morgan fingerprint density at radius 2 is 1.81 bits per heavy atom. The first kappa shape index (κ1) is 15.3. The van der Waals surface area contributed by atoms with Gasteiger partial charge in [0.15, 0.2) is 0 Å². The van der Waals surface area contributed by atoms with Gasteiger partial charge in [0, 0.05) is 6.04 Å². The Bertz CT molecular complexity index is 599. The normalized spacial score (nSPS) is 12.6. The molecule has 21 heavy (non-hydrogen) atoms. The van der Waals surface area contributed by atoms with Crippen molar-refractivity contribution in [1.29, 1.82) is 0 Å². The first-order valence-electron chi connectivity index (χ1n) is 7.11. The van der Waals surface area contributed by atoms with Gasteiger partial charge < -0.3 is 14.8 Å². The fourth-order valence-corrected chi connectivity index (χ4v) is 2.13. The van der Waals surface area contributed by atoms with Gasteiger partial charge in [-0.1, -0.05) is 38.1 Å². The lowest BCUT2D eigenvalue weighted by atomic mass is 9.99. The lowest BCUT2D eigenvalue weighted by molar-refractivity contribution is 0.0696. The SMILES string of the molecule is CC(C)c1ccc(C(C)NCc2cc(C(=O)O)co2)cc1. The van der Waals surface area contributed by atoms with Crippen molar-refractivity contribution in [1.82, 2.24) is 5.32 Å². The van der Waals surface area contributed by atoms with Gasteiger partial charge in [-0.2, -0.15) is 0 Å². The summed E-state index contributed by atoms with van der Waals surface area (Å²) in [4.78, 5) is 10.8. The summed E-state index contributed by atoms with van der Waals surface area (Å²) < 4.78 is 5.22. The number of benzene rings is 1. The van der Waals surface area contributed by atoms with Crippen molar-refractivity contribution in [2.45, 2.75) is 39.3 Å². The molecule has 1 heterocycles. The van der Waals surface area contributed by atoms with Crippen molar-refractivity contribution in [3.63, 3.8) is 0 Å². The van der Waals surface area contributed by atoms with Gasteiger partial charge in [0.2, 0.25) is 0 Å². The van der Waals surface area contributed by atoms with E-state index >= 15 is 0 Å². The summed E-state index contributed by atoms with van der Waals surface area (Å²) in [6.45, 7) is 6.92. The van der Waals surface area contributed by atoms with Crippen LogP contribution in [-0.2, 0) is 6.54 Å². The number of carboxylic acids is 1. The number of aromatic carboxylic acids is 1. The van der Waals surface area contributed by atoms with Crippen LogP contribution in [0.2, 0.25) is 0 Å². The predicted molar refractivity (Wildman–Crippen MR) is 81.5 cm³/mol. The molecular formula is C17H21NO3. The number of furan rings is 1. The first-order valence-corrected chi connectivity index (χ1v) is 7.11. The van der Waals surface area contributed by atoms with E-state index in [9.17, 15) is 4.79 Å². The van der Waals surface area contributed by atoms with E-state index in [1.807, 2.05) is 0 Å². The van der Waals surface area contributed by atoms with Gasteiger partial charge in [0.1, 0.15) is 12.0 Å². The van der Waals surface area contributed by atoms with Gasteiger partial charge in [-0.3, -0.25) is 0 Å². The topological polar surface area (TPSA) is 62.5 Å². The number of hydrogen-bond acceptors (Lipinski definition) is 3. The van der Waals surface area contributed by atoms with Gasteiger partial charge in [-0.15, -0.1) is 0 Å². The quantitative estimate of drug-likeness (QED) is 0.844. The number of nitrogens with one attached hydrogen (secondary N) is 1. The van der Waals surface area contributed by atoms with Gasteiger partial charge in [0.25, 0.3) is 0 Å². The molecular weight excluding hydrogens is 266 g/mol. The van der Waals surface area contributed by atoms with E-state index in [1.54, 1.807) is 6.07 Å². The van der Waals surface area contributed by atoms with Crippen LogP contribution in [0.4, 0.5) is 0 Å². The van der Waals surface area contributed by atoms with Crippen molar-refractivity contribution in [2.75, 3.05) is 0 Å². The Morgan fingerprint density at radius 1 is 1.19 bits per heavy atom. The Balaban J connectivity index is 1.94. The lowest BCUT2D eigenvalue weighted by Gasteiger charge is -2.14. The standard InChI is InChI=1S/C17H21NO3/c1-11(2)13-4-6-14(7-5-13)12(3)18-9-16-8-15(10-21-16)17(19)20/h4-8,10-12,18H,9H2,1-3H3,(H,19,20). The van der Waals surface area contributed by atoms with Crippen molar-refractivity contribution in [2.24, 2.45) is 0 Å². The number of carboxylic acid groups (broad SMARTS) is 1. The molecule has 0 fully saturated rings. The van der Waals surface area contributed by atoms with E-state index in [0.717, 1.165) is 0 Å². The monoisotopic (exact) mass is 287 g/mol. The van der Waals surface area contributed by atoms with Crippen molar-refractivity contribution in [3.8, 4) is 0 Å². The van der Waals surface area contributed by atoms with E-state index < -0.39 is 5.97 Å². The van der Waals surface area contributed by atoms with Gasteiger partial charge in [-0.05, 0) is 30.0 Å². The molecule has 0 aliphatic carbocycles. The molecule has 0 spiro atoms. The van der Waals surface area contributed by atoms with Crippen LogP contribution in [0, 0.1) is 0 Å². The average molecular weight is 287 g/mol. The van der Waals surface area contributed by atoms with Crippen LogP contribution in [0.1, 0.15) is 60.0 Å². The molecule has 112 valence electrons. The fourth-order valence-electron chi connectivity index (χ4n) is 2.13. The minimum atomic E-state index is -0.970. The van der Waals surface area contributed by atoms with Crippen LogP contribution < -0.4 is 5.32 Å². The third kappa shape index (κ3) is 3.95. The Kier molecular flexibility index (Phi) is 4.81. The summed E-state index contributed by atoms with van der Waals surface area (Å²) in [6.07, 6.45) is 1.27. The highest BCUT2D eigenvalue weighted by Crippen LogP contribution is 2.19. The van der Waals surface area contributed by atoms with E-state index in [0.29, 0.717) is 18.2 Å². The third-order valence-corrected chi connectivity index (χ3v) is 3.59. The van der Waals surface area contributed by atoms with Crippen LogP contribution in [-0.4, -0.2) is 11.1 Å². The molecule has 0 aliphatic rings. The highest BCUT2D eigenvalue weighted by molar-refractivity contribution is 5.87. The van der Waals surface area contributed by atoms with Crippen LogP contribution in [0.5, 0.6) is 0 Å². The third-order valence-electron chi connectivity index (χ3n) is 3.59. The van der Waals surface area contributed by atoms with Crippen LogP contribution in [0.25, 0.3) is 0 Å². The van der Waals surface area contributed by atoms with Gasteiger partial charge >= 0.3 is 5.97 Å². The summed E-state index contributed by atoms with van der Waals surface area (Å²) in [7, 11) is 0. The predicted octanol–water partition coefficient (Wildman–Crippen LogP) is 3.95. The van der Waals surface area contributed by atoms with Gasteiger partial charge in [0.05, 0.1) is 12.1 Å². The van der Waals surface area contributed by atoms with Gasteiger partial charge in [-0.25, -0.2) is 4.79 Å². The summed E-state index contributed by atoms with van der Waals surface area (Å²) in [6, 6.07) is 10.3. The molecule has 0 bridgehead atoms. The summed E-state index contributed by atoms with van der Waals surface area (Å²) in [5, 5.41) is 12.2. The summed E-state index contributed by atoms with van der Waals surface area (Å²) >= 11 is 0. The van der Waals surface area contributed by atoms with Crippen LogP contribution >= 0.6 is 0 Å². The van der Waals surface area contributed by atoms with E-state index in [1.165, 1.54) is 17.4 Å². The maximum Gasteiger partial charge on any atom is 0.338 e. The Labute approximate surface area is 124 Å². The van der Waals surface area contributed by atoms with E-state index in [4.69, 9.17) is 9.52 Å². The molecule has 4 nitrogen and oxygen atoms in total. The molecule has 1 unspecified atom stereocenters. The van der Waals surface area contributed by atoms with E-state index in [-0.39, 0.29) is 11.6 Å². The molecule has 4 heteroatoms.